The molecule has 7 nitrogen and oxygen atoms in total. The molecule has 0 aliphatic carbocycles. The number of rotatable bonds is 15. The van der Waals surface area contributed by atoms with Crippen molar-refractivity contribution in [3.05, 3.63) is 76.4 Å². The molecule has 10 heteroatoms. The standard InChI is InChI=1S/C28H29ClN2O5S2/c29-22-10-8-20-9-12-23(31-24(20)17-22)11-7-19-4-3-5-21(16-19)28(37-14-2-1-6-26(33)34)38-15-13-27(35)36-18-25(30)32/h3-5,7-12,16-17,28H,1-2,6,13-15,18H2,(H2,30,32)(H,33,34). The molecule has 0 aliphatic rings. The topological polar surface area (TPSA) is 120 Å². The van der Waals surface area contributed by atoms with E-state index in [0.29, 0.717) is 17.2 Å². The lowest BCUT2D eigenvalue weighted by Crippen LogP contribution is -2.21. The molecule has 200 valence electrons. The minimum absolute atomic E-state index is 0.0399. The van der Waals surface area contributed by atoms with Gasteiger partial charge in [-0.3, -0.25) is 14.4 Å². The fourth-order valence-corrected chi connectivity index (χ4v) is 6.36. The molecule has 3 rings (SSSR count). The number of unbranched alkanes of at least 4 members (excludes halogenated alkanes) is 1. The molecule has 0 spiro atoms. The number of ether oxygens (including phenoxy) is 1. The molecule has 0 aliphatic heterocycles. The first-order valence-corrected chi connectivity index (χ1v) is 14.5. The van der Waals surface area contributed by atoms with Gasteiger partial charge >= 0.3 is 11.9 Å². The van der Waals surface area contributed by atoms with Crippen LogP contribution in [0.15, 0.2) is 54.6 Å². The summed E-state index contributed by atoms with van der Waals surface area (Å²) in [5, 5.41) is 10.5. The summed E-state index contributed by atoms with van der Waals surface area (Å²) in [6, 6.07) is 17.7. The Hall–Kier alpha value is -3.01. The van der Waals surface area contributed by atoms with Crippen molar-refractivity contribution in [3.8, 4) is 0 Å². The highest BCUT2D eigenvalue weighted by Gasteiger charge is 2.15. The Morgan fingerprint density at radius 2 is 1.79 bits per heavy atom. The van der Waals surface area contributed by atoms with E-state index in [1.165, 1.54) is 0 Å². The predicted octanol–water partition coefficient (Wildman–Crippen LogP) is 6.20. The van der Waals surface area contributed by atoms with E-state index < -0.39 is 24.5 Å². The van der Waals surface area contributed by atoms with E-state index in [9.17, 15) is 14.4 Å². The van der Waals surface area contributed by atoms with Crippen LogP contribution >= 0.6 is 35.1 Å². The Bertz CT molecular complexity index is 1300. The SMILES string of the molecule is NC(=O)COC(=O)CCSC(SCCCCC(=O)O)c1cccc(C=Cc2ccc3ccc(Cl)cc3n2)c1. The monoisotopic (exact) mass is 572 g/mol. The quantitative estimate of drug-likeness (QED) is 0.125. The molecule has 0 radical (unpaired) electrons. The zero-order chi connectivity index (χ0) is 27.3. The Labute approximate surface area is 235 Å². The number of primary amides is 1. The van der Waals surface area contributed by atoms with Gasteiger partial charge in [0.2, 0.25) is 0 Å². The van der Waals surface area contributed by atoms with Crippen LogP contribution < -0.4 is 5.73 Å². The lowest BCUT2D eigenvalue weighted by Gasteiger charge is -2.17. The van der Waals surface area contributed by atoms with E-state index in [2.05, 4.69) is 11.1 Å². The smallest absolute Gasteiger partial charge is 0.307 e. The molecule has 1 aromatic heterocycles. The van der Waals surface area contributed by atoms with Crippen LogP contribution in [-0.2, 0) is 19.1 Å². The third-order valence-electron chi connectivity index (χ3n) is 5.31. The largest absolute Gasteiger partial charge is 0.481 e. The third kappa shape index (κ3) is 10.4. The number of esters is 1. The van der Waals surface area contributed by atoms with Crippen LogP contribution in [-0.4, -0.2) is 46.0 Å². The van der Waals surface area contributed by atoms with Gasteiger partial charge in [0.25, 0.3) is 5.91 Å². The molecule has 3 aromatic rings. The molecule has 0 saturated heterocycles. The molecule has 1 heterocycles. The van der Waals surface area contributed by atoms with E-state index in [0.717, 1.165) is 39.9 Å². The average molecular weight is 573 g/mol. The van der Waals surface area contributed by atoms with Crippen LogP contribution in [0.2, 0.25) is 5.02 Å². The number of amides is 1. The van der Waals surface area contributed by atoms with Crippen molar-refractivity contribution in [2.24, 2.45) is 5.73 Å². The second-order valence-corrected chi connectivity index (χ2v) is 11.5. The van der Waals surface area contributed by atoms with Crippen LogP contribution in [0.5, 0.6) is 0 Å². The number of hydrogen-bond donors (Lipinski definition) is 2. The van der Waals surface area contributed by atoms with Crippen LogP contribution in [0.1, 0.15) is 47.1 Å². The first-order chi connectivity index (χ1) is 18.3. The summed E-state index contributed by atoms with van der Waals surface area (Å²) < 4.78 is 4.88. The number of nitrogens with zero attached hydrogens (tertiary/aromatic N) is 1. The summed E-state index contributed by atoms with van der Waals surface area (Å²) in [5.74, 6) is -0.649. The van der Waals surface area contributed by atoms with Gasteiger partial charge in [0.15, 0.2) is 6.61 Å². The molecule has 3 N–H and O–H groups in total. The number of nitrogens with two attached hydrogens (primary N) is 1. The van der Waals surface area contributed by atoms with E-state index in [1.807, 2.05) is 60.7 Å². The Morgan fingerprint density at radius 3 is 2.58 bits per heavy atom. The number of aromatic nitrogens is 1. The van der Waals surface area contributed by atoms with Crippen LogP contribution in [0.25, 0.3) is 23.1 Å². The lowest BCUT2D eigenvalue weighted by molar-refractivity contribution is -0.147. The van der Waals surface area contributed by atoms with Crippen LogP contribution in [0.3, 0.4) is 0 Å². The number of carbonyl (C=O) groups is 3. The van der Waals surface area contributed by atoms with Crippen molar-refractivity contribution < 1.29 is 24.2 Å². The van der Waals surface area contributed by atoms with E-state index in [-0.39, 0.29) is 17.4 Å². The normalized spacial score (nSPS) is 12.0. The third-order valence-corrected chi connectivity index (χ3v) is 8.48. The number of hydrogen-bond acceptors (Lipinski definition) is 7. The van der Waals surface area contributed by atoms with Gasteiger partial charge in [-0.25, -0.2) is 4.98 Å². The second-order valence-electron chi connectivity index (χ2n) is 8.38. The summed E-state index contributed by atoms with van der Waals surface area (Å²) >= 11 is 9.43. The minimum Gasteiger partial charge on any atom is -0.481 e. The summed E-state index contributed by atoms with van der Waals surface area (Å²) in [7, 11) is 0. The Kier molecular flexibility index (Phi) is 12.0. The van der Waals surface area contributed by atoms with Crippen molar-refractivity contribution in [1.29, 1.82) is 0 Å². The van der Waals surface area contributed by atoms with Gasteiger partial charge in [0.05, 0.1) is 22.2 Å². The maximum atomic E-state index is 11.9. The first kappa shape index (κ1) is 29.5. The highest BCUT2D eigenvalue weighted by Crippen LogP contribution is 2.40. The maximum Gasteiger partial charge on any atom is 0.307 e. The number of carbonyl (C=O) groups excluding carboxylic acids is 2. The molecule has 0 bridgehead atoms. The fraction of sp³-hybridized carbons (Fsp3) is 0.286. The van der Waals surface area contributed by atoms with E-state index in [4.69, 9.17) is 27.2 Å². The van der Waals surface area contributed by atoms with Gasteiger partial charge in [-0.1, -0.05) is 48.0 Å². The van der Waals surface area contributed by atoms with Gasteiger partial charge in [0, 0.05) is 22.6 Å². The fourth-order valence-electron chi connectivity index (χ4n) is 3.47. The van der Waals surface area contributed by atoms with Gasteiger partial charge in [0.1, 0.15) is 0 Å². The number of halogens is 1. The summed E-state index contributed by atoms with van der Waals surface area (Å²) in [4.78, 5) is 38.2. The predicted molar refractivity (Wildman–Crippen MR) is 156 cm³/mol. The molecular formula is C28H29ClN2O5S2. The van der Waals surface area contributed by atoms with Crippen molar-refractivity contribution in [2.75, 3.05) is 18.1 Å². The van der Waals surface area contributed by atoms with E-state index in [1.54, 1.807) is 23.5 Å². The number of aliphatic carboxylic acids is 1. The number of benzene rings is 2. The molecule has 1 unspecified atom stereocenters. The summed E-state index contributed by atoms with van der Waals surface area (Å²) in [6.45, 7) is -0.418. The molecule has 38 heavy (non-hydrogen) atoms. The molecule has 0 saturated carbocycles. The van der Waals surface area contributed by atoms with Crippen molar-refractivity contribution in [1.82, 2.24) is 4.98 Å². The lowest BCUT2D eigenvalue weighted by atomic mass is 10.1. The van der Waals surface area contributed by atoms with Gasteiger partial charge in [-0.15, -0.1) is 23.5 Å². The molecule has 0 fully saturated rings. The number of pyridine rings is 1. The summed E-state index contributed by atoms with van der Waals surface area (Å²) in [5.41, 5.74) is 8.77. The molecule has 1 amide bonds. The van der Waals surface area contributed by atoms with Crippen LogP contribution in [0, 0.1) is 0 Å². The minimum atomic E-state index is -0.793. The molecule has 2 aromatic carbocycles. The number of carboxylic acid groups (broad SMARTS) is 1. The average Bonchev–Trinajstić information content (AvgIpc) is 2.89. The zero-order valence-corrected chi connectivity index (χ0v) is 23.1. The molecule has 1 atom stereocenters. The Morgan fingerprint density at radius 1 is 1.00 bits per heavy atom. The van der Waals surface area contributed by atoms with Gasteiger partial charge < -0.3 is 15.6 Å². The van der Waals surface area contributed by atoms with Crippen molar-refractivity contribution in [3.63, 3.8) is 0 Å². The number of fused-ring (bicyclic) bond motifs is 1. The van der Waals surface area contributed by atoms with Gasteiger partial charge in [-0.2, -0.15) is 0 Å². The van der Waals surface area contributed by atoms with Gasteiger partial charge in [-0.05, 0) is 60.1 Å². The highest BCUT2D eigenvalue weighted by molar-refractivity contribution is 8.16. The maximum absolute atomic E-state index is 11.9. The van der Waals surface area contributed by atoms with E-state index >= 15 is 0 Å². The van der Waals surface area contributed by atoms with Crippen molar-refractivity contribution >= 4 is 76.0 Å². The number of thioether (sulfide) groups is 2. The summed E-state index contributed by atoms with van der Waals surface area (Å²) in [6.07, 6.45) is 5.67. The second kappa shape index (κ2) is 15.4. The van der Waals surface area contributed by atoms with Crippen LogP contribution in [0.4, 0.5) is 0 Å². The highest BCUT2D eigenvalue weighted by atomic mass is 35.5. The number of carboxylic acids is 1. The zero-order valence-electron chi connectivity index (χ0n) is 20.7. The van der Waals surface area contributed by atoms with Crippen molar-refractivity contribution in [2.45, 2.75) is 30.3 Å². The first-order valence-electron chi connectivity index (χ1n) is 12.0. The molecular weight excluding hydrogens is 544 g/mol. The Balaban J connectivity index is 1.67.